The van der Waals surface area contributed by atoms with Crippen molar-refractivity contribution in [3.05, 3.63) is 0 Å². The van der Waals surface area contributed by atoms with Crippen LogP contribution in [0.3, 0.4) is 0 Å². The van der Waals surface area contributed by atoms with Gasteiger partial charge >= 0.3 is 0 Å². The average Bonchev–Trinajstić information content (AvgIpc) is 2.04. The third-order valence-corrected chi connectivity index (χ3v) is 4.24. The fourth-order valence-corrected chi connectivity index (χ4v) is 2.86. The molecule has 0 saturated carbocycles. The third kappa shape index (κ3) is 6.14. The lowest BCUT2D eigenvalue weighted by Gasteiger charge is -2.17. The van der Waals surface area contributed by atoms with Crippen LogP contribution in [0.25, 0.3) is 0 Å². The summed E-state index contributed by atoms with van der Waals surface area (Å²) in [4.78, 5) is 0. The van der Waals surface area contributed by atoms with Crippen LogP contribution in [-0.4, -0.2) is 50.7 Å². The molecule has 0 spiro atoms. The minimum atomic E-state index is -0.405. The van der Waals surface area contributed by atoms with E-state index in [4.69, 9.17) is 10.2 Å². The second-order valence-electron chi connectivity index (χ2n) is 2.30. The van der Waals surface area contributed by atoms with E-state index in [2.05, 4.69) is 0 Å². The number of hydrogen-bond acceptors (Lipinski definition) is 5. The van der Waals surface area contributed by atoms with Crippen molar-refractivity contribution in [1.29, 1.82) is 0 Å². The number of aliphatic hydroxyl groups excluding tert-OH is 3. The van der Waals surface area contributed by atoms with Gasteiger partial charge in [-0.3, -0.25) is 0 Å². The number of hydrogen-bond donors (Lipinski definition) is 3. The molecule has 0 aromatic rings. The third-order valence-electron chi connectivity index (χ3n) is 1.14. The molecule has 0 radical (unpaired) electrons. The predicted octanol–water partition coefficient (Wildman–Crippen LogP) is 0.144. The molecule has 0 aromatic carbocycles. The fraction of sp³-hybridized carbons (Fsp3) is 1.00. The Labute approximate surface area is 81.6 Å². The van der Waals surface area contributed by atoms with E-state index < -0.39 is 6.10 Å². The first-order valence-electron chi connectivity index (χ1n) is 3.85. The standard InChI is InChI=1S/C7H16O3S2/c1-6(10)7(11-4-2-8)12-5-3-9/h6-10H,2-5H2,1H3. The van der Waals surface area contributed by atoms with Crippen molar-refractivity contribution in [1.82, 2.24) is 0 Å². The fourth-order valence-electron chi connectivity index (χ4n) is 0.664. The molecular formula is C7H16O3S2. The molecule has 1 atom stereocenters. The van der Waals surface area contributed by atoms with Crippen LogP contribution in [-0.2, 0) is 0 Å². The van der Waals surface area contributed by atoms with E-state index in [1.165, 1.54) is 23.5 Å². The maximum absolute atomic E-state index is 9.26. The molecule has 74 valence electrons. The van der Waals surface area contributed by atoms with Gasteiger partial charge in [0.1, 0.15) is 0 Å². The van der Waals surface area contributed by atoms with Crippen LogP contribution in [0.2, 0.25) is 0 Å². The summed E-state index contributed by atoms with van der Waals surface area (Å²) in [5.41, 5.74) is 0. The lowest BCUT2D eigenvalue weighted by molar-refractivity contribution is 0.212. The van der Waals surface area contributed by atoms with Crippen molar-refractivity contribution in [2.24, 2.45) is 0 Å². The molecule has 0 rings (SSSR count). The largest absolute Gasteiger partial charge is 0.396 e. The number of rotatable bonds is 7. The van der Waals surface area contributed by atoms with E-state index in [9.17, 15) is 5.11 Å². The van der Waals surface area contributed by atoms with Crippen LogP contribution >= 0.6 is 23.5 Å². The van der Waals surface area contributed by atoms with E-state index >= 15 is 0 Å². The van der Waals surface area contributed by atoms with Gasteiger partial charge in [0.25, 0.3) is 0 Å². The van der Waals surface area contributed by atoms with E-state index in [1.54, 1.807) is 6.92 Å². The molecule has 1 unspecified atom stereocenters. The summed E-state index contributed by atoms with van der Waals surface area (Å²) >= 11 is 3.04. The van der Waals surface area contributed by atoms with Crippen molar-refractivity contribution in [3.8, 4) is 0 Å². The Morgan fingerprint density at radius 3 is 1.75 bits per heavy atom. The maximum atomic E-state index is 9.26. The van der Waals surface area contributed by atoms with Crippen molar-refractivity contribution in [2.75, 3.05) is 24.7 Å². The van der Waals surface area contributed by atoms with Crippen LogP contribution in [0.5, 0.6) is 0 Å². The smallest absolute Gasteiger partial charge is 0.0760 e. The molecule has 12 heavy (non-hydrogen) atoms. The summed E-state index contributed by atoms with van der Waals surface area (Å²) in [6.07, 6.45) is -0.405. The zero-order valence-corrected chi connectivity index (χ0v) is 8.77. The molecular weight excluding hydrogens is 196 g/mol. The van der Waals surface area contributed by atoms with Gasteiger partial charge in [-0.25, -0.2) is 0 Å². The second-order valence-corrected chi connectivity index (χ2v) is 5.10. The van der Waals surface area contributed by atoms with E-state index in [0.29, 0.717) is 11.5 Å². The highest BCUT2D eigenvalue weighted by atomic mass is 32.2. The molecule has 0 aromatic heterocycles. The molecule has 0 aliphatic rings. The van der Waals surface area contributed by atoms with Gasteiger partial charge < -0.3 is 15.3 Å². The summed E-state index contributed by atoms with van der Waals surface area (Å²) in [5, 5.41) is 26.4. The molecule has 0 heterocycles. The predicted molar refractivity (Wildman–Crippen MR) is 54.6 cm³/mol. The van der Waals surface area contributed by atoms with Crippen molar-refractivity contribution >= 4 is 23.5 Å². The SMILES string of the molecule is CC(O)C(SCCO)SCCO. The Hall–Kier alpha value is 0.580. The van der Waals surface area contributed by atoms with E-state index in [1.807, 2.05) is 0 Å². The number of aliphatic hydroxyl groups is 3. The summed E-state index contributed by atoms with van der Waals surface area (Å²) in [6.45, 7) is 1.99. The lowest BCUT2D eigenvalue weighted by Crippen LogP contribution is -2.17. The highest BCUT2D eigenvalue weighted by Gasteiger charge is 2.14. The van der Waals surface area contributed by atoms with Crippen LogP contribution in [0.4, 0.5) is 0 Å². The summed E-state index contributed by atoms with van der Waals surface area (Å²) < 4.78 is 0.0595. The second kappa shape index (κ2) is 8.19. The molecule has 0 fully saturated rings. The van der Waals surface area contributed by atoms with Gasteiger partial charge in [0, 0.05) is 11.5 Å². The van der Waals surface area contributed by atoms with Crippen LogP contribution in [0.15, 0.2) is 0 Å². The molecule has 0 bridgehead atoms. The normalized spacial score (nSPS) is 13.8. The van der Waals surface area contributed by atoms with Gasteiger partial charge in [0.05, 0.1) is 23.9 Å². The van der Waals surface area contributed by atoms with Gasteiger partial charge in [-0.05, 0) is 6.92 Å². The molecule has 3 nitrogen and oxygen atoms in total. The van der Waals surface area contributed by atoms with Crippen molar-refractivity contribution in [3.63, 3.8) is 0 Å². The minimum Gasteiger partial charge on any atom is -0.396 e. The molecule has 0 aliphatic carbocycles. The van der Waals surface area contributed by atoms with Crippen LogP contribution in [0.1, 0.15) is 6.92 Å². The zero-order valence-electron chi connectivity index (χ0n) is 7.14. The Morgan fingerprint density at radius 1 is 1.08 bits per heavy atom. The van der Waals surface area contributed by atoms with Gasteiger partial charge in [0.2, 0.25) is 0 Å². The first-order valence-corrected chi connectivity index (χ1v) is 5.95. The molecule has 0 aliphatic heterocycles. The van der Waals surface area contributed by atoms with E-state index in [-0.39, 0.29) is 17.8 Å². The maximum Gasteiger partial charge on any atom is 0.0760 e. The first-order chi connectivity index (χ1) is 5.72. The highest BCUT2D eigenvalue weighted by molar-refractivity contribution is 8.17. The van der Waals surface area contributed by atoms with Crippen LogP contribution in [0, 0.1) is 0 Å². The van der Waals surface area contributed by atoms with Crippen molar-refractivity contribution < 1.29 is 15.3 Å². The van der Waals surface area contributed by atoms with Gasteiger partial charge in [-0.2, -0.15) is 0 Å². The molecule has 5 heteroatoms. The molecule has 3 N–H and O–H groups in total. The van der Waals surface area contributed by atoms with Gasteiger partial charge in [-0.15, -0.1) is 23.5 Å². The quantitative estimate of drug-likeness (QED) is 0.524. The zero-order chi connectivity index (χ0) is 9.40. The Bertz CT molecular complexity index is 92.7. The summed E-state index contributed by atoms with van der Waals surface area (Å²) in [6, 6.07) is 0. The Morgan fingerprint density at radius 2 is 1.50 bits per heavy atom. The first kappa shape index (κ1) is 12.6. The van der Waals surface area contributed by atoms with E-state index in [0.717, 1.165) is 0 Å². The Kier molecular flexibility index (Phi) is 8.59. The summed E-state index contributed by atoms with van der Waals surface area (Å²) in [5.74, 6) is 1.27. The molecule has 0 saturated heterocycles. The van der Waals surface area contributed by atoms with Gasteiger partial charge in [-0.1, -0.05) is 0 Å². The molecule has 0 amide bonds. The summed E-state index contributed by atoms with van der Waals surface area (Å²) in [7, 11) is 0. The Balaban J connectivity index is 3.55. The van der Waals surface area contributed by atoms with Gasteiger partial charge in [0.15, 0.2) is 0 Å². The highest BCUT2D eigenvalue weighted by Crippen LogP contribution is 2.26. The van der Waals surface area contributed by atoms with Crippen LogP contribution < -0.4 is 0 Å². The topological polar surface area (TPSA) is 60.7 Å². The minimum absolute atomic E-state index is 0.0595. The number of thioether (sulfide) groups is 2. The monoisotopic (exact) mass is 212 g/mol. The lowest BCUT2D eigenvalue weighted by atomic mass is 10.5. The average molecular weight is 212 g/mol. The van der Waals surface area contributed by atoms with Crippen molar-refractivity contribution in [2.45, 2.75) is 17.6 Å².